The minimum Gasteiger partial charge on any atom is -0.491 e. The molecule has 4 nitrogen and oxygen atoms in total. The molecule has 0 amide bonds. The molecule has 0 saturated heterocycles. The summed E-state index contributed by atoms with van der Waals surface area (Å²) in [4.78, 5) is 0. The van der Waals surface area contributed by atoms with Gasteiger partial charge in [0.1, 0.15) is 18.6 Å². The van der Waals surface area contributed by atoms with Crippen molar-refractivity contribution in [1.29, 1.82) is 0 Å². The van der Waals surface area contributed by atoms with Crippen molar-refractivity contribution in [2.45, 2.75) is 19.3 Å². The van der Waals surface area contributed by atoms with Crippen molar-refractivity contribution in [3.8, 4) is 5.75 Å². The lowest BCUT2D eigenvalue weighted by Gasteiger charge is -2.06. The zero-order valence-corrected chi connectivity index (χ0v) is 11.0. The Labute approximate surface area is 113 Å². The van der Waals surface area contributed by atoms with E-state index in [4.69, 9.17) is 14.0 Å². The summed E-state index contributed by atoms with van der Waals surface area (Å²) < 4.78 is 15.8. The Balaban J connectivity index is 1.42. The fourth-order valence-corrected chi connectivity index (χ4v) is 1.71. The second-order valence-electron chi connectivity index (χ2n) is 4.22. The number of hydrogen-bond donors (Lipinski definition) is 0. The Hall–Kier alpha value is -1.81. The molecule has 102 valence electrons. The van der Waals surface area contributed by atoms with Gasteiger partial charge in [-0.25, -0.2) is 0 Å². The summed E-state index contributed by atoms with van der Waals surface area (Å²) in [5.74, 6) is 0.886. The number of ether oxygens (including phenoxy) is 2. The summed E-state index contributed by atoms with van der Waals surface area (Å²) in [6.07, 6.45) is 4.64. The molecule has 0 atom stereocenters. The minimum absolute atomic E-state index is 0.591. The van der Waals surface area contributed by atoms with Crippen LogP contribution in [0.3, 0.4) is 0 Å². The number of benzene rings is 1. The van der Waals surface area contributed by atoms with Gasteiger partial charge in [0.15, 0.2) is 0 Å². The van der Waals surface area contributed by atoms with E-state index in [-0.39, 0.29) is 0 Å². The number of para-hydroxylation sites is 1. The molecule has 0 unspecified atom stereocenters. The Bertz CT molecular complexity index is 428. The molecule has 0 N–H and O–H groups in total. The summed E-state index contributed by atoms with van der Waals surface area (Å²) in [7, 11) is 0. The van der Waals surface area contributed by atoms with Crippen LogP contribution in [0.15, 0.2) is 47.2 Å². The van der Waals surface area contributed by atoms with Crippen LogP contribution < -0.4 is 4.74 Å². The maximum atomic E-state index is 5.52. The molecular weight excluding hydrogens is 242 g/mol. The van der Waals surface area contributed by atoms with Gasteiger partial charge in [-0.2, -0.15) is 0 Å². The van der Waals surface area contributed by atoms with Crippen molar-refractivity contribution in [1.82, 2.24) is 5.16 Å². The number of unbranched alkanes of at least 4 members (excludes halogenated alkanes) is 1. The monoisotopic (exact) mass is 261 g/mol. The average Bonchev–Trinajstić information content (AvgIpc) is 2.96. The maximum absolute atomic E-state index is 5.52. The van der Waals surface area contributed by atoms with Crippen LogP contribution >= 0.6 is 0 Å². The zero-order chi connectivity index (χ0) is 13.2. The van der Waals surface area contributed by atoms with Crippen molar-refractivity contribution in [3.63, 3.8) is 0 Å². The van der Waals surface area contributed by atoms with Crippen LogP contribution in [0.5, 0.6) is 5.75 Å². The zero-order valence-electron chi connectivity index (χ0n) is 11.0. The highest BCUT2D eigenvalue weighted by Crippen LogP contribution is 2.07. The van der Waals surface area contributed by atoms with Gasteiger partial charge in [0.05, 0.1) is 12.3 Å². The second-order valence-corrected chi connectivity index (χ2v) is 4.22. The van der Waals surface area contributed by atoms with Crippen LogP contribution in [0.4, 0.5) is 0 Å². The van der Waals surface area contributed by atoms with Gasteiger partial charge in [-0.3, -0.25) is 0 Å². The van der Waals surface area contributed by atoms with Gasteiger partial charge >= 0.3 is 0 Å². The lowest BCUT2D eigenvalue weighted by Crippen LogP contribution is -2.07. The van der Waals surface area contributed by atoms with E-state index in [9.17, 15) is 0 Å². The predicted octanol–water partition coefficient (Wildman–Crippen LogP) is 3.09. The number of aromatic nitrogens is 1. The molecule has 1 aromatic heterocycles. The van der Waals surface area contributed by atoms with Gasteiger partial charge in [0.25, 0.3) is 0 Å². The lowest BCUT2D eigenvalue weighted by atomic mass is 10.2. The number of nitrogens with zero attached hydrogens (tertiary/aromatic N) is 1. The topological polar surface area (TPSA) is 44.5 Å². The molecule has 0 aliphatic rings. The highest BCUT2D eigenvalue weighted by Gasteiger charge is 1.97. The summed E-state index contributed by atoms with van der Waals surface area (Å²) in [5.41, 5.74) is 1.01. The molecule has 0 radical (unpaired) electrons. The van der Waals surface area contributed by atoms with Gasteiger partial charge in [0, 0.05) is 12.7 Å². The summed E-state index contributed by atoms with van der Waals surface area (Å²) in [6.45, 7) is 1.97. The van der Waals surface area contributed by atoms with E-state index < -0.39 is 0 Å². The van der Waals surface area contributed by atoms with Crippen molar-refractivity contribution >= 4 is 0 Å². The number of aryl methyl sites for hydroxylation is 1. The molecule has 0 aliphatic carbocycles. The van der Waals surface area contributed by atoms with Crippen molar-refractivity contribution in [2.24, 2.45) is 0 Å². The fourth-order valence-electron chi connectivity index (χ4n) is 1.71. The third kappa shape index (κ3) is 5.57. The first-order chi connectivity index (χ1) is 9.45. The summed E-state index contributed by atoms with van der Waals surface area (Å²) >= 11 is 0. The molecule has 19 heavy (non-hydrogen) atoms. The highest BCUT2D eigenvalue weighted by molar-refractivity contribution is 5.20. The van der Waals surface area contributed by atoms with Crippen LogP contribution in [0.2, 0.25) is 0 Å². The Morgan fingerprint density at radius 1 is 0.947 bits per heavy atom. The van der Waals surface area contributed by atoms with Crippen LogP contribution in [-0.2, 0) is 11.2 Å². The van der Waals surface area contributed by atoms with Crippen molar-refractivity contribution in [2.75, 3.05) is 19.8 Å². The molecule has 0 bridgehead atoms. The SMILES string of the molecule is c1ccc(OCCOCCCCc2ccon2)cc1. The maximum Gasteiger partial charge on any atom is 0.124 e. The smallest absolute Gasteiger partial charge is 0.124 e. The Morgan fingerprint density at radius 2 is 1.84 bits per heavy atom. The standard InChI is InChI=1S/C15H19NO3/c1-2-7-15(8-3-1)18-13-12-17-10-5-4-6-14-9-11-19-16-14/h1-3,7-9,11H,4-6,10,12-13H2. The first-order valence-corrected chi connectivity index (χ1v) is 6.60. The summed E-state index contributed by atoms with van der Waals surface area (Å²) in [6, 6.07) is 11.7. The van der Waals surface area contributed by atoms with Crippen LogP contribution in [0, 0.1) is 0 Å². The van der Waals surface area contributed by atoms with E-state index in [0.29, 0.717) is 13.2 Å². The first-order valence-electron chi connectivity index (χ1n) is 6.60. The van der Waals surface area contributed by atoms with Gasteiger partial charge < -0.3 is 14.0 Å². The van der Waals surface area contributed by atoms with E-state index in [1.807, 2.05) is 36.4 Å². The van der Waals surface area contributed by atoms with Crippen molar-refractivity contribution < 1.29 is 14.0 Å². The lowest BCUT2D eigenvalue weighted by molar-refractivity contribution is 0.0974. The van der Waals surface area contributed by atoms with Gasteiger partial charge in [-0.15, -0.1) is 0 Å². The third-order valence-electron chi connectivity index (χ3n) is 2.70. The van der Waals surface area contributed by atoms with Gasteiger partial charge in [-0.05, 0) is 31.4 Å². The van der Waals surface area contributed by atoms with Gasteiger partial charge in [-0.1, -0.05) is 23.4 Å². The van der Waals surface area contributed by atoms with E-state index in [1.165, 1.54) is 0 Å². The van der Waals surface area contributed by atoms with E-state index in [2.05, 4.69) is 5.16 Å². The second kappa shape index (κ2) is 8.32. The minimum atomic E-state index is 0.591. The molecule has 0 aliphatic heterocycles. The first kappa shape index (κ1) is 13.6. The normalized spacial score (nSPS) is 10.5. The van der Waals surface area contributed by atoms with Crippen LogP contribution in [0.1, 0.15) is 18.5 Å². The van der Waals surface area contributed by atoms with Gasteiger partial charge in [0.2, 0.25) is 0 Å². The molecule has 0 saturated carbocycles. The summed E-state index contributed by atoms with van der Waals surface area (Å²) in [5, 5.41) is 3.86. The van der Waals surface area contributed by atoms with Crippen LogP contribution in [-0.4, -0.2) is 25.0 Å². The van der Waals surface area contributed by atoms with E-state index in [1.54, 1.807) is 6.26 Å². The van der Waals surface area contributed by atoms with Crippen LogP contribution in [0.25, 0.3) is 0 Å². The van der Waals surface area contributed by atoms with E-state index in [0.717, 1.165) is 37.3 Å². The highest BCUT2D eigenvalue weighted by atomic mass is 16.5. The molecular formula is C15H19NO3. The molecule has 0 spiro atoms. The molecule has 2 aromatic rings. The third-order valence-corrected chi connectivity index (χ3v) is 2.70. The molecule has 4 heteroatoms. The largest absolute Gasteiger partial charge is 0.491 e. The average molecular weight is 261 g/mol. The Morgan fingerprint density at radius 3 is 2.63 bits per heavy atom. The Kier molecular flexibility index (Phi) is 5.96. The molecule has 2 rings (SSSR count). The molecule has 0 fully saturated rings. The predicted molar refractivity (Wildman–Crippen MR) is 72.2 cm³/mol. The number of hydrogen-bond acceptors (Lipinski definition) is 4. The van der Waals surface area contributed by atoms with E-state index >= 15 is 0 Å². The number of rotatable bonds is 9. The quantitative estimate of drug-likeness (QED) is 0.651. The molecule has 1 aromatic carbocycles. The molecule has 1 heterocycles. The fraction of sp³-hybridized carbons (Fsp3) is 0.400. The van der Waals surface area contributed by atoms with Crippen molar-refractivity contribution in [3.05, 3.63) is 48.4 Å².